The first kappa shape index (κ1) is 16.2. The molecule has 138 valence electrons. The largest absolute Gasteiger partial charge is 0.341 e. The van der Waals surface area contributed by atoms with Crippen LogP contribution in [-0.2, 0) is 6.54 Å². The van der Waals surface area contributed by atoms with Crippen LogP contribution in [0, 0.1) is 12.7 Å². The summed E-state index contributed by atoms with van der Waals surface area (Å²) in [6, 6.07) is 8.12. The number of rotatable bonds is 3. The highest BCUT2D eigenvalue weighted by Crippen LogP contribution is 2.32. The minimum absolute atomic E-state index is 0.105. The molecule has 4 aromatic rings. The first-order valence-electron chi connectivity index (χ1n) is 9.04. The van der Waals surface area contributed by atoms with Gasteiger partial charge in [-0.15, -0.1) is 0 Å². The smallest absolute Gasteiger partial charge is 0.272 e. The molecule has 7 nitrogen and oxygen atoms in total. The quantitative estimate of drug-likeness (QED) is 0.584. The molecule has 0 saturated carbocycles. The van der Waals surface area contributed by atoms with Crippen LogP contribution in [-0.4, -0.2) is 36.0 Å². The van der Waals surface area contributed by atoms with Crippen molar-refractivity contribution in [3.05, 3.63) is 63.7 Å². The number of likely N-dealkylation sites (tertiary alicyclic amines) is 1. The Morgan fingerprint density at radius 2 is 2.15 bits per heavy atom. The van der Waals surface area contributed by atoms with E-state index in [4.69, 9.17) is 0 Å². The van der Waals surface area contributed by atoms with Crippen molar-refractivity contribution in [3.63, 3.8) is 0 Å². The zero-order valence-electron chi connectivity index (χ0n) is 14.9. The predicted octanol–water partition coefficient (Wildman–Crippen LogP) is 2.68. The molecule has 0 spiro atoms. The summed E-state index contributed by atoms with van der Waals surface area (Å²) >= 11 is 0. The van der Waals surface area contributed by atoms with Gasteiger partial charge in [0.05, 0.1) is 22.8 Å². The van der Waals surface area contributed by atoms with Gasteiger partial charge in [0, 0.05) is 24.4 Å². The van der Waals surface area contributed by atoms with Crippen molar-refractivity contribution in [3.8, 4) is 0 Å². The van der Waals surface area contributed by atoms with E-state index in [1.54, 1.807) is 12.1 Å². The Balaban J connectivity index is 1.46. The van der Waals surface area contributed by atoms with E-state index >= 15 is 0 Å². The van der Waals surface area contributed by atoms with Crippen molar-refractivity contribution in [1.82, 2.24) is 29.5 Å². The fourth-order valence-electron chi connectivity index (χ4n) is 3.93. The lowest BCUT2D eigenvalue weighted by atomic mass is 10.2. The fourth-order valence-corrected chi connectivity index (χ4v) is 3.93. The molecule has 0 amide bonds. The molecule has 8 heteroatoms. The number of fused-ring (bicyclic) bond motifs is 2. The third-order valence-corrected chi connectivity index (χ3v) is 5.14. The monoisotopic (exact) mass is 366 g/mol. The molecule has 2 N–H and O–H groups in total. The summed E-state index contributed by atoms with van der Waals surface area (Å²) in [7, 11) is 0. The number of nitrogens with one attached hydrogen (secondary N) is 2. The van der Waals surface area contributed by atoms with Crippen LogP contribution in [0.2, 0.25) is 0 Å². The van der Waals surface area contributed by atoms with Gasteiger partial charge in [0.25, 0.3) is 5.56 Å². The molecule has 1 fully saturated rings. The number of benzene rings is 1. The minimum atomic E-state index is -0.277. The highest BCUT2D eigenvalue weighted by Gasteiger charge is 2.29. The molecule has 5 rings (SSSR count). The summed E-state index contributed by atoms with van der Waals surface area (Å²) in [6.45, 7) is 3.38. The number of H-pyrrole nitrogens is 2. The zero-order chi connectivity index (χ0) is 18.5. The van der Waals surface area contributed by atoms with Crippen LogP contribution in [0.25, 0.3) is 16.7 Å². The van der Waals surface area contributed by atoms with Gasteiger partial charge >= 0.3 is 0 Å². The van der Waals surface area contributed by atoms with Gasteiger partial charge in [-0.05, 0) is 44.5 Å². The Morgan fingerprint density at radius 3 is 3.04 bits per heavy atom. The van der Waals surface area contributed by atoms with Crippen LogP contribution in [0.1, 0.15) is 36.1 Å². The van der Waals surface area contributed by atoms with Crippen molar-refractivity contribution >= 4 is 16.7 Å². The van der Waals surface area contributed by atoms with Gasteiger partial charge < -0.3 is 4.98 Å². The maximum atomic E-state index is 13.5. The molecule has 27 heavy (non-hydrogen) atoms. The van der Waals surface area contributed by atoms with Gasteiger partial charge in [0.15, 0.2) is 5.65 Å². The van der Waals surface area contributed by atoms with Crippen LogP contribution in [0.3, 0.4) is 0 Å². The van der Waals surface area contributed by atoms with Gasteiger partial charge in [-0.25, -0.2) is 18.9 Å². The molecular formula is C19H19FN6O. The van der Waals surface area contributed by atoms with Gasteiger partial charge in [0.1, 0.15) is 11.6 Å². The number of aromatic nitrogens is 5. The number of imidazole rings is 1. The summed E-state index contributed by atoms with van der Waals surface area (Å²) < 4.78 is 14.9. The minimum Gasteiger partial charge on any atom is -0.341 e. The molecule has 0 radical (unpaired) electrons. The van der Waals surface area contributed by atoms with E-state index in [9.17, 15) is 9.18 Å². The van der Waals surface area contributed by atoms with Crippen LogP contribution in [0.4, 0.5) is 4.39 Å². The lowest BCUT2D eigenvalue weighted by Crippen LogP contribution is -2.26. The lowest BCUT2D eigenvalue weighted by Gasteiger charge is -2.22. The van der Waals surface area contributed by atoms with E-state index in [0.717, 1.165) is 42.1 Å². The highest BCUT2D eigenvalue weighted by molar-refractivity contribution is 5.75. The van der Waals surface area contributed by atoms with Crippen molar-refractivity contribution in [2.45, 2.75) is 32.4 Å². The average Bonchev–Trinajstić information content (AvgIpc) is 3.32. The number of aromatic amines is 2. The summed E-state index contributed by atoms with van der Waals surface area (Å²) in [5.74, 6) is 0.559. The number of nitrogens with zero attached hydrogens (tertiary/aromatic N) is 4. The van der Waals surface area contributed by atoms with Crippen LogP contribution >= 0.6 is 0 Å². The van der Waals surface area contributed by atoms with Gasteiger partial charge in [0.2, 0.25) is 0 Å². The Labute approximate surface area is 153 Å². The van der Waals surface area contributed by atoms with E-state index in [-0.39, 0.29) is 17.4 Å². The SMILES string of the molecule is Cc1cc2nc(CN3CCC[C@H]3c3nc4ccc(F)cc4[nH]3)cc(=O)n2[nH]1. The second kappa shape index (κ2) is 6.02. The van der Waals surface area contributed by atoms with Crippen molar-refractivity contribution in [2.24, 2.45) is 0 Å². The fraction of sp³-hybridized carbons (Fsp3) is 0.316. The first-order valence-corrected chi connectivity index (χ1v) is 9.04. The average molecular weight is 366 g/mol. The van der Waals surface area contributed by atoms with Crippen LogP contribution < -0.4 is 5.56 Å². The number of aryl methyl sites for hydroxylation is 1. The van der Waals surface area contributed by atoms with E-state index in [2.05, 4.69) is 25.0 Å². The van der Waals surface area contributed by atoms with E-state index < -0.39 is 0 Å². The number of halogens is 1. The van der Waals surface area contributed by atoms with Crippen molar-refractivity contribution in [1.29, 1.82) is 0 Å². The maximum Gasteiger partial charge on any atom is 0.272 e. The normalized spacial score (nSPS) is 18.1. The Hall–Kier alpha value is -3.00. The Bertz CT molecular complexity index is 1210. The third kappa shape index (κ3) is 2.82. The Kier molecular flexibility index (Phi) is 3.61. The molecule has 0 aliphatic carbocycles. The zero-order valence-corrected chi connectivity index (χ0v) is 14.9. The molecule has 0 unspecified atom stereocenters. The van der Waals surface area contributed by atoms with Gasteiger partial charge in [-0.3, -0.25) is 14.8 Å². The number of hydrogen-bond donors (Lipinski definition) is 2. The topological polar surface area (TPSA) is 82.1 Å². The molecule has 1 saturated heterocycles. The number of hydrogen-bond acceptors (Lipinski definition) is 4. The molecule has 3 aromatic heterocycles. The highest BCUT2D eigenvalue weighted by atomic mass is 19.1. The van der Waals surface area contributed by atoms with Crippen molar-refractivity contribution in [2.75, 3.05) is 6.54 Å². The second-order valence-corrected chi connectivity index (χ2v) is 7.13. The molecule has 0 bridgehead atoms. The van der Waals surface area contributed by atoms with E-state index in [1.165, 1.54) is 16.6 Å². The van der Waals surface area contributed by atoms with Crippen LogP contribution in [0.5, 0.6) is 0 Å². The maximum absolute atomic E-state index is 13.5. The molecule has 4 heterocycles. The van der Waals surface area contributed by atoms with E-state index in [0.29, 0.717) is 17.7 Å². The first-order chi connectivity index (χ1) is 13.1. The second-order valence-electron chi connectivity index (χ2n) is 7.13. The van der Waals surface area contributed by atoms with Gasteiger partial charge in [-0.2, -0.15) is 0 Å². The summed E-state index contributed by atoms with van der Waals surface area (Å²) in [5, 5.41) is 2.98. The summed E-state index contributed by atoms with van der Waals surface area (Å²) in [5.41, 5.74) is 3.62. The van der Waals surface area contributed by atoms with Crippen LogP contribution in [0.15, 0.2) is 35.1 Å². The third-order valence-electron chi connectivity index (χ3n) is 5.14. The predicted molar refractivity (Wildman–Crippen MR) is 99.0 cm³/mol. The van der Waals surface area contributed by atoms with Gasteiger partial charge in [-0.1, -0.05) is 0 Å². The summed E-state index contributed by atoms with van der Waals surface area (Å²) in [4.78, 5) is 27.1. The Morgan fingerprint density at radius 1 is 1.26 bits per heavy atom. The molecule has 1 aliphatic rings. The molecule has 1 aromatic carbocycles. The molecule has 1 aliphatic heterocycles. The lowest BCUT2D eigenvalue weighted by molar-refractivity contribution is 0.238. The molecule has 1 atom stereocenters. The standard InChI is InChI=1S/C19H19FN6O/c1-11-7-17-21-13(9-18(27)26(17)24-11)10-25-6-2-3-16(25)19-22-14-5-4-12(20)8-15(14)23-19/h4-5,7-9,16,24H,2-3,6,10H2,1H3,(H,22,23)/t16-/m0/s1. The van der Waals surface area contributed by atoms with Crippen molar-refractivity contribution < 1.29 is 4.39 Å². The molecular weight excluding hydrogens is 347 g/mol. The van der Waals surface area contributed by atoms with E-state index in [1.807, 2.05) is 13.0 Å². The summed E-state index contributed by atoms with van der Waals surface area (Å²) in [6.07, 6.45) is 2.01.